The Morgan fingerprint density at radius 2 is 1.90 bits per heavy atom. The highest BCUT2D eigenvalue weighted by Gasteiger charge is 2.09. The van der Waals surface area contributed by atoms with Crippen molar-refractivity contribution >= 4 is 41.5 Å². The summed E-state index contributed by atoms with van der Waals surface area (Å²) in [5, 5.41) is 10.6. The third-order valence-electron chi connectivity index (χ3n) is 3.88. The molecule has 3 aromatic rings. The van der Waals surface area contributed by atoms with Gasteiger partial charge in [0.05, 0.1) is 0 Å². The number of aromatic nitrogens is 2. The number of benzene rings is 2. The molecule has 2 aromatic carbocycles. The van der Waals surface area contributed by atoms with E-state index >= 15 is 0 Å². The predicted octanol–water partition coefficient (Wildman–Crippen LogP) is 4.19. The molecule has 0 aliphatic heterocycles. The van der Waals surface area contributed by atoms with Gasteiger partial charge in [-0.05, 0) is 42.5 Å². The molecule has 6 nitrogen and oxygen atoms in total. The standard InChI is InChI=1S/C19H18ClF2N5O.HI/c1-23-19(25-11-13-10-15(21)6-7-16(13)22)24-9-8-17-26-18(27-28-17)12-2-4-14(20)5-3-12;/h2-7,10H,8-9,11H2,1H3,(H2,23,24,25);1H. The zero-order valence-electron chi connectivity index (χ0n) is 15.5. The minimum Gasteiger partial charge on any atom is -0.356 e. The minimum atomic E-state index is -0.492. The van der Waals surface area contributed by atoms with Crippen LogP contribution in [0.25, 0.3) is 11.4 Å². The van der Waals surface area contributed by atoms with Gasteiger partial charge in [0.15, 0.2) is 5.96 Å². The van der Waals surface area contributed by atoms with E-state index in [2.05, 4.69) is 25.8 Å². The number of nitrogens with one attached hydrogen (secondary N) is 2. The first kappa shape index (κ1) is 23.0. The van der Waals surface area contributed by atoms with E-state index in [-0.39, 0.29) is 36.1 Å². The molecule has 2 N–H and O–H groups in total. The Balaban J connectivity index is 0.00000300. The summed E-state index contributed by atoms with van der Waals surface area (Å²) in [7, 11) is 1.59. The molecule has 0 amide bonds. The smallest absolute Gasteiger partial charge is 0.228 e. The van der Waals surface area contributed by atoms with Crippen LogP contribution in [0.5, 0.6) is 0 Å². The first-order valence-corrected chi connectivity index (χ1v) is 8.90. The molecule has 0 radical (unpaired) electrons. The molecule has 3 rings (SSSR count). The second kappa shape index (κ2) is 11.1. The highest BCUT2D eigenvalue weighted by atomic mass is 127. The van der Waals surface area contributed by atoms with Gasteiger partial charge in [-0.2, -0.15) is 4.98 Å². The van der Waals surface area contributed by atoms with Gasteiger partial charge in [-0.15, -0.1) is 24.0 Å². The topological polar surface area (TPSA) is 75.3 Å². The van der Waals surface area contributed by atoms with Crippen LogP contribution in [0.3, 0.4) is 0 Å². The zero-order valence-corrected chi connectivity index (χ0v) is 18.5. The number of rotatable bonds is 6. The van der Waals surface area contributed by atoms with Crippen molar-refractivity contribution in [2.75, 3.05) is 13.6 Å². The lowest BCUT2D eigenvalue weighted by molar-refractivity contribution is 0.378. The Morgan fingerprint density at radius 3 is 2.62 bits per heavy atom. The molecule has 0 aliphatic rings. The molecule has 0 aliphatic carbocycles. The van der Waals surface area contributed by atoms with Crippen molar-refractivity contribution in [3.63, 3.8) is 0 Å². The summed E-state index contributed by atoms with van der Waals surface area (Å²) < 4.78 is 32.1. The lowest BCUT2D eigenvalue weighted by Crippen LogP contribution is -2.38. The van der Waals surface area contributed by atoms with E-state index in [9.17, 15) is 8.78 Å². The van der Waals surface area contributed by atoms with E-state index in [1.165, 1.54) is 0 Å². The Labute approximate surface area is 188 Å². The number of nitrogens with zero attached hydrogens (tertiary/aromatic N) is 3. The minimum absolute atomic E-state index is 0. The van der Waals surface area contributed by atoms with Crippen LogP contribution in [0.4, 0.5) is 8.78 Å². The molecule has 0 saturated heterocycles. The van der Waals surface area contributed by atoms with Gasteiger partial charge < -0.3 is 15.2 Å². The van der Waals surface area contributed by atoms with Crippen LogP contribution in [0.2, 0.25) is 5.02 Å². The van der Waals surface area contributed by atoms with Crippen LogP contribution in [-0.2, 0) is 13.0 Å². The van der Waals surface area contributed by atoms with Gasteiger partial charge in [-0.25, -0.2) is 8.78 Å². The monoisotopic (exact) mass is 533 g/mol. The van der Waals surface area contributed by atoms with E-state index in [0.717, 1.165) is 23.8 Å². The number of guanidine groups is 1. The molecule has 0 unspecified atom stereocenters. The van der Waals surface area contributed by atoms with Gasteiger partial charge in [0.2, 0.25) is 11.7 Å². The van der Waals surface area contributed by atoms with Crippen LogP contribution in [0.1, 0.15) is 11.5 Å². The summed E-state index contributed by atoms with van der Waals surface area (Å²) in [4.78, 5) is 8.38. The van der Waals surface area contributed by atoms with E-state index in [1.54, 1.807) is 19.2 Å². The fraction of sp³-hybridized carbons (Fsp3) is 0.211. The molecule has 29 heavy (non-hydrogen) atoms. The Kier molecular flexibility index (Phi) is 8.77. The summed E-state index contributed by atoms with van der Waals surface area (Å²) in [5.74, 6) is 0.417. The second-order valence-electron chi connectivity index (χ2n) is 5.86. The normalized spacial score (nSPS) is 11.1. The van der Waals surface area contributed by atoms with Gasteiger partial charge in [0, 0.05) is 42.7 Å². The van der Waals surface area contributed by atoms with Gasteiger partial charge in [-0.3, -0.25) is 4.99 Å². The fourth-order valence-corrected chi connectivity index (χ4v) is 2.56. The summed E-state index contributed by atoms with van der Waals surface area (Å²) >= 11 is 5.87. The van der Waals surface area contributed by atoms with Crippen molar-refractivity contribution in [1.82, 2.24) is 20.8 Å². The number of halogens is 4. The third-order valence-corrected chi connectivity index (χ3v) is 4.13. The maximum Gasteiger partial charge on any atom is 0.228 e. The summed E-state index contributed by atoms with van der Waals surface area (Å²) in [6, 6.07) is 10.5. The zero-order chi connectivity index (χ0) is 19.9. The lowest BCUT2D eigenvalue weighted by Gasteiger charge is -2.11. The maximum absolute atomic E-state index is 13.7. The fourth-order valence-electron chi connectivity index (χ4n) is 2.44. The molecule has 0 atom stereocenters. The highest BCUT2D eigenvalue weighted by molar-refractivity contribution is 14.0. The largest absolute Gasteiger partial charge is 0.356 e. The molecule has 0 fully saturated rings. The predicted molar refractivity (Wildman–Crippen MR) is 118 cm³/mol. The van der Waals surface area contributed by atoms with Gasteiger partial charge in [0.25, 0.3) is 0 Å². The average Bonchev–Trinajstić information content (AvgIpc) is 3.16. The Morgan fingerprint density at radius 1 is 1.14 bits per heavy atom. The van der Waals surface area contributed by atoms with Crippen LogP contribution in [-0.4, -0.2) is 29.7 Å². The first-order chi connectivity index (χ1) is 13.5. The maximum atomic E-state index is 13.7. The first-order valence-electron chi connectivity index (χ1n) is 8.52. The van der Waals surface area contributed by atoms with E-state index < -0.39 is 11.6 Å². The van der Waals surface area contributed by atoms with Crippen LogP contribution in [0.15, 0.2) is 52.0 Å². The molecule has 0 saturated carbocycles. The van der Waals surface area contributed by atoms with Crippen molar-refractivity contribution in [2.24, 2.45) is 4.99 Å². The Hall–Kier alpha value is -2.27. The van der Waals surface area contributed by atoms with Crippen molar-refractivity contribution in [1.29, 1.82) is 0 Å². The van der Waals surface area contributed by atoms with Gasteiger partial charge in [-0.1, -0.05) is 16.8 Å². The molecule has 1 heterocycles. The van der Waals surface area contributed by atoms with Crippen molar-refractivity contribution in [3.05, 3.63) is 70.6 Å². The van der Waals surface area contributed by atoms with Crippen molar-refractivity contribution in [3.8, 4) is 11.4 Å². The highest BCUT2D eigenvalue weighted by Crippen LogP contribution is 2.18. The molecule has 10 heteroatoms. The number of hydrogen-bond donors (Lipinski definition) is 2. The quantitative estimate of drug-likeness (QED) is 0.282. The molecule has 0 bridgehead atoms. The van der Waals surface area contributed by atoms with Crippen LogP contribution in [0, 0.1) is 11.6 Å². The third kappa shape index (κ3) is 6.64. The van der Waals surface area contributed by atoms with E-state index in [0.29, 0.717) is 35.7 Å². The van der Waals surface area contributed by atoms with Crippen LogP contribution < -0.4 is 10.6 Å². The summed E-state index contributed by atoms with van der Waals surface area (Å²) in [6.07, 6.45) is 0.468. The summed E-state index contributed by atoms with van der Waals surface area (Å²) in [6.45, 7) is 0.568. The van der Waals surface area contributed by atoms with Crippen molar-refractivity contribution < 1.29 is 13.3 Å². The molecule has 154 valence electrons. The SMILES string of the molecule is CN=C(NCCc1nc(-c2ccc(Cl)cc2)no1)NCc1cc(F)ccc1F.I. The second-order valence-corrected chi connectivity index (χ2v) is 6.29. The molecule has 1 aromatic heterocycles. The molecular formula is C19H19ClF2IN5O. The Bertz CT molecular complexity index is 965. The van der Waals surface area contributed by atoms with Crippen molar-refractivity contribution in [2.45, 2.75) is 13.0 Å². The molecule has 0 spiro atoms. The van der Waals surface area contributed by atoms with E-state index in [1.807, 2.05) is 12.1 Å². The average molecular weight is 534 g/mol. The molecular weight excluding hydrogens is 515 g/mol. The van der Waals surface area contributed by atoms with Gasteiger partial charge >= 0.3 is 0 Å². The summed E-state index contributed by atoms with van der Waals surface area (Å²) in [5.41, 5.74) is 1.02. The van der Waals surface area contributed by atoms with Crippen LogP contribution >= 0.6 is 35.6 Å². The van der Waals surface area contributed by atoms with E-state index in [4.69, 9.17) is 16.1 Å². The van der Waals surface area contributed by atoms with Gasteiger partial charge in [0.1, 0.15) is 11.6 Å². The number of hydrogen-bond acceptors (Lipinski definition) is 4. The lowest BCUT2D eigenvalue weighted by atomic mass is 10.2. The number of aliphatic imine (C=N–C) groups is 1.